The lowest BCUT2D eigenvalue weighted by Gasteiger charge is -2.23. The van der Waals surface area contributed by atoms with Crippen LogP contribution >= 0.6 is 12.4 Å². The molecule has 0 radical (unpaired) electrons. The van der Waals surface area contributed by atoms with E-state index in [2.05, 4.69) is 10.6 Å². The van der Waals surface area contributed by atoms with Gasteiger partial charge in [-0.05, 0) is 62.3 Å². The zero-order chi connectivity index (χ0) is 20.1. The molecule has 158 valence electrons. The molecular weight excluding hydrogens is 400 g/mol. The van der Waals surface area contributed by atoms with Crippen molar-refractivity contribution in [2.45, 2.75) is 25.3 Å². The third-order valence-electron chi connectivity index (χ3n) is 5.23. The first-order valence-corrected chi connectivity index (χ1v) is 10.0. The van der Waals surface area contributed by atoms with Gasteiger partial charge in [0.05, 0.1) is 24.9 Å². The first kappa shape index (κ1) is 21.9. The van der Waals surface area contributed by atoms with Gasteiger partial charge in [0.15, 0.2) is 0 Å². The molecule has 2 heterocycles. The Balaban J connectivity index is 0.00000256. The predicted octanol–water partition coefficient (Wildman–Crippen LogP) is 3.38. The topological polar surface area (TPSA) is 68.2 Å². The third-order valence-corrected chi connectivity index (χ3v) is 5.23. The Morgan fingerprint density at radius 3 is 2.50 bits per heavy atom. The number of benzene rings is 2. The molecule has 1 aliphatic heterocycles. The lowest BCUT2D eigenvalue weighted by Crippen LogP contribution is -2.43. The summed E-state index contributed by atoms with van der Waals surface area (Å²) in [6.45, 7) is 1.90. The van der Waals surface area contributed by atoms with Crippen LogP contribution in [0.15, 0.2) is 60.8 Å². The van der Waals surface area contributed by atoms with Crippen LogP contribution in [0.2, 0.25) is 0 Å². The van der Waals surface area contributed by atoms with Crippen LogP contribution in [0.1, 0.15) is 18.4 Å². The maximum Gasteiger partial charge on any atom is 0.224 e. The summed E-state index contributed by atoms with van der Waals surface area (Å²) in [4.78, 5) is 12.7. The summed E-state index contributed by atoms with van der Waals surface area (Å²) in [6.07, 6.45) is 4.20. The normalized spacial score (nSPS) is 14.0. The molecular formula is C23H27ClN4O2. The number of hydrogen-bond donors (Lipinski definition) is 2. The molecule has 0 saturated carbocycles. The number of carbonyl (C=O) groups excluding carboxylic acids is 1. The van der Waals surface area contributed by atoms with Crippen molar-refractivity contribution in [3.8, 4) is 22.7 Å². The van der Waals surface area contributed by atoms with Crippen LogP contribution < -0.4 is 15.4 Å². The zero-order valence-corrected chi connectivity index (χ0v) is 17.8. The number of para-hydroxylation sites is 1. The fourth-order valence-corrected chi connectivity index (χ4v) is 3.66. The van der Waals surface area contributed by atoms with Crippen molar-refractivity contribution in [2.24, 2.45) is 0 Å². The van der Waals surface area contributed by atoms with E-state index in [1.165, 1.54) is 0 Å². The number of nitrogens with one attached hydrogen (secondary N) is 2. The molecule has 0 spiro atoms. The maximum atomic E-state index is 12.7. The first-order valence-electron chi connectivity index (χ1n) is 10.0. The van der Waals surface area contributed by atoms with E-state index < -0.39 is 0 Å². The molecule has 3 aromatic rings. The van der Waals surface area contributed by atoms with E-state index in [0.29, 0.717) is 6.42 Å². The molecule has 2 aromatic carbocycles. The van der Waals surface area contributed by atoms with Crippen LogP contribution in [0.3, 0.4) is 0 Å². The molecule has 30 heavy (non-hydrogen) atoms. The quantitative estimate of drug-likeness (QED) is 0.634. The van der Waals surface area contributed by atoms with Crippen molar-refractivity contribution in [3.63, 3.8) is 0 Å². The molecule has 0 unspecified atom stereocenters. The van der Waals surface area contributed by atoms with Gasteiger partial charge < -0.3 is 15.4 Å². The molecule has 7 heteroatoms. The summed E-state index contributed by atoms with van der Waals surface area (Å²) in [5, 5.41) is 11.3. The van der Waals surface area contributed by atoms with Crippen molar-refractivity contribution in [3.05, 3.63) is 66.4 Å². The second-order valence-electron chi connectivity index (χ2n) is 7.28. The fraction of sp³-hybridized carbons (Fsp3) is 0.304. The number of ether oxygens (including phenoxy) is 1. The van der Waals surface area contributed by atoms with Gasteiger partial charge in [0.25, 0.3) is 0 Å². The zero-order valence-electron chi connectivity index (χ0n) is 17.0. The van der Waals surface area contributed by atoms with Crippen LogP contribution in [0.4, 0.5) is 0 Å². The molecule has 1 amide bonds. The highest BCUT2D eigenvalue weighted by molar-refractivity contribution is 5.85. The largest absolute Gasteiger partial charge is 0.497 e. The van der Waals surface area contributed by atoms with Gasteiger partial charge >= 0.3 is 0 Å². The lowest BCUT2D eigenvalue weighted by molar-refractivity contribution is -0.121. The minimum absolute atomic E-state index is 0. The number of methoxy groups -OCH3 is 1. The number of piperidine rings is 1. The van der Waals surface area contributed by atoms with Crippen molar-refractivity contribution in [1.29, 1.82) is 0 Å². The molecule has 1 aliphatic rings. The molecule has 1 aromatic heterocycles. The van der Waals surface area contributed by atoms with Crippen LogP contribution in [0.5, 0.6) is 5.75 Å². The number of hydrogen-bond acceptors (Lipinski definition) is 4. The maximum absolute atomic E-state index is 12.7. The molecule has 1 fully saturated rings. The Morgan fingerprint density at radius 2 is 1.83 bits per heavy atom. The van der Waals surface area contributed by atoms with E-state index in [4.69, 9.17) is 9.84 Å². The monoisotopic (exact) mass is 426 g/mol. The summed E-state index contributed by atoms with van der Waals surface area (Å²) < 4.78 is 7.10. The molecule has 0 aliphatic carbocycles. The minimum Gasteiger partial charge on any atom is -0.497 e. The number of rotatable bonds is 6. The van der Waals surface area contributed by atoms with Crippen molar-refractivity contribution in [2.75, 3.05) is 20.2 Å². The number of aromatic nitrogens is 2. The average Bonchev–Trinajstić information content (AvgIpc) is 3.18. The average molecular weight is 427 g/mol. The van der Waals surface area contributed by atoms with Crippen LogP contribution in [-0.4, -0.2) is 41.9 Å². The second-order valence-corrected chi connectivity index (χ2v) is 7.28. The van der Waals surface area contributed by atoms with Crippen molar-refractivity contribution in [1.82, 2.24) is 20.4 Å². The fourth-order valence-electron chi connectivity index (χ4n) is 3.66. The SMILES string of the molecule is COc1ccc(-c2nn(-c3ccccc3)cc2CC(=O)NC2CCNCC2)cc1.Cl. The van der Waals surface area contributed by atoms with E-state index in [1.807, 2.05) is 65.5 Å². The summed E-state index contributed by atoms with van der Waals surface area (Å²) in [5.41, 5.74) is 3.65. The number of amides is 1. The van der Waals surface area contributed by atoms with E-state index >= 15 is 0 Å². The highest BCUT2D eigenvalue weighted by atomic mass is 35.5. The van der Waals surface area contributed by atoms with Gasteiger partial charge in [-0.1, -0.05) is 18.2 Å². The summed E-state index contributed by atoms with van der Waals surface area (Å²) >= 11 is 0. The van der Waals surface area contributed by atoms with Gasteiger partial charge in [-0.25, -0.2) is 4.68 Å². The molecule has 6 nitrogen and oxygen atoms in total. The van der Waals surface area contributed by atoms with Gasteiger partial charge in [-0.3, -0.25) is 4.79 Å². The summed E-state index contributed by atoms with van der Waals surface area (Å²) in [6, 6.07) is 18.0. The van der Waals surface area contributed by atoms with E-state index in [0.717, 1.165) is 54.2 Å². The number of halogens is 1. The van der Waals surface area contributed by atoms with Gasteiger partial charge in [0, 0.05) is 23.4 Å². The van der Waals surface area contributed by atoms with Gasteiger partial charge in [-0.2, -0.15) is 5.10 Å². The summed E-state index contributed by atoms with van der Waals surface area (Å²) in [7, 11) is 1.65. The standard InChI is InChI=1S/C23H26N4O2.ClH/c1-29-21-9-7-17(8-10-21)23-18(15-22(28)25-19-11-13-24-14-12-19)16-27(26-23)20-5-3-2-4-6-20;/h2-10,16,19,24H,11-15H2,1H3,(H,25,28);1H. The minimum atomic E-state index is 0. The highest BCUT2D eigenvalue weighted by Gasteiger charge is 2.19. The Kier molecular flexibility index (Phi) is 7.49. The van der Waals surface area contributed by atoms with Crippen LogP contribution in [0, 0.1) is 0 Å². The highest BCUT2D eigenvalue weighted by Crippen LogP contribution is 2.26. The molecule has 1 saturated heterocycles. The van der Waals surface area contributed by atoms with Crippen molar-refractivity contribution < 1.29 is 9.53 Å². The Hall–Kier alpha value is -2.83. The van der Waals surface area contributed by atoms with E-state index in [9.17, 15) is 4.79 Å². The smallest absolute Gasteiger partial charge is 0.224 e. The number of carbonyl (C=O) groups is 1. The van der Waals surface area contributed by atoms with E-state index in [1.54, 1.807) is 7.11 Å². The Labute approximate surface area is 183 Å². The van der Waals surface area contributed by atoms with Crippen LogP contribution in [-0.2, 0) is 11.2 Å². The molecule has 0 bridgehead atoms. The predicted molar refractivity (Wildman–Crippen MR) is 121 cm³/mol. The molecule has 2 N–H and O–H groups in total. The van der Waals surface area contributed by atoms with Crippen LogP contribution in [0.25, 0.3) is 16.9 Å². The molecule has 0 atom stereocenters. The Bertz CT molecular complexity index is 951. The first-order chi connectivity index (χ1) is 14.2. The Morgan fingerprint density at radius 1 is 1.13 bits per heavy atom. The van der Waals surface area contributed by atoms with Gasteiger partial charge in [-0.15, -0.1) is 12.4 Å². The lowest BCUT2D eigenvalue weighted by atomic mass is 10.0. The van der Waals surface area contributed by atoms with Gasteiger partial charge in [0.2, 0.25) is 5.91 Å². The van der Waals surface area contributed by atoms with Crippen molar-refractivity contribution >= 4 is 18.3 Å². The number of nitrogens with zero attached hydrogens (tertiary/aromatic N) is 2. The summed E-state index contributed by atoms with van der Waals surface area (Å²) in [5.74, 6) is 0.834. The third kappa shape index (κ3) is 5.20. The van der Waals surface area contributed by atoms with Gasteiger partial charge in [0.1, 0.15) is 5.75 Å². The van der Waals surface area contributed by atoms with E-state index in [-0.39, 0.29) is 24.4 Å². The molecule has 4 rings (SSSR count). The second kappa shape index (κ2) is 10.3.